The van der Waals surface area contributed by atoms with Crippen molar-refractivity contribution in [2.24, 2.45) is 0 Å². The highest BCUT2D eigenvalue weighted by molar-refractivity contribution is 5.86. The Labute approximate surface area is 115 Å². The minimum atomic E-state index is -1.27. The normalized spacial score (nSPS) is 16.2. The number of hydrogen-bond acceptors (Lipinski definition) is 4. The number of aromatic amines is 1. The number of nitrogens with one attached hydrogen (secondary N) is 1. The van der Waals surface area contributed by atoms with E-state index in [9.17, 15) is 19.5 Å². The van der Waals surface area contributed by atoms with Gasteiger partial charge in [-0.25, -0.2) is 9.59 Å². The van der Waals surface area contributed by atoms with Crippen LogP contribution in [0.2, 0.25) is 0 Å². The molecule has 0 aliphatic carbocycles. The summed E-state index contributed by atoms with van der Waals surface area (Å²) in [4.78, 5) is 39.5. The van der Waals surface area contributed by atoms with E-state index in [-0.39, 0.29) is 24.3 Å². The molecule has 0 spiro atoms. The molecule has 0 atom stereocenters. The van der Waals surface area contributed by atoms with E-state index < -0.39 is 17.2 Å². The van der Waals surface area contributed by atoms with Gasteiger partial charge in [-0.15, -0.1) is 0 Å². The van der Waals surface area contributed by atoms with Crippen molar-refractivity contribution in [1.82, 2.24) is 14.5 Å². The van der Waals surface area contributed by atoms with E-state index in [1.54, 1.807) is 6.92 Å². The highest BCUT2D eigenvalue weighted by Gasteiger charge is 2.21. The van der Waals surface area contributed by atoms with Gasteiger partial charge in [0.25, 0.3) is 5.56 Å². The maximum Gasteiger partial charge on any atom is 0.352 e. The number of hydrogen-bond donors (Lipinski definition) is 2. The first-order valence-corrected chi connectivity index (χ1v) is 6.86. The van der Waals surface area contributed by atoms with Gasteiger partial charge in [-0.05, 0) is 32.9 Å². The van der Waals surface area contributed by atoms with E-state index in [1.165, 1.54) is 0 Å². The van der Waals surface area contributed by atoms with Gasteiger partial charge in [0.15, 0.2) is 0 Å². The van der Waals surface area contributed by atoms with Crippen LogP contribution in [0.15, 0.2) is 9.59 Å². The first kappa shape index (κ1) is 14.5. The SMILES string of the molecule is CCn1c(=O)[nH]c(C(=O)O)c(CN2CCCCC2)c1=O. The highest BCUT2D eigenvalue weighted by atomic mass is 16.4. The van der Waals surface area contributed by atoms with Crippen LogP contribution in [0.5, 0.6) is 0 Å². The Morgan fingerprint density at radius 3 is 2.45 bits per heavy atom. The smallest absolute Gasteiger partial charge is 0.352 e. The van der Waals surface area contributed by atoms with Crippen LogP contribution in [0.4, 0.5) is 0 Å². The lowest BCUT2D eigenvalue weighted by atomic mass is 10.1. The van der Waals surface area contributed by atoms with Gasteiger partial charge in [0.1, 0.15) is 5.69 Å². The molecule has 7 nitrogen and oxygen atoms in total. The predicted octanol–water partition coefficient (Wildman–Crippen LogP) is 0.241. The Hall–Kier alpha value is -1.89. The van der Waals surface area contributed by atoms with Crippen LogP contribution in [0.25, 0.3) is 0 Å². The number of likely N-dealkylation sites (tertiary alicyclic amines) is 1. The molecule has 1 aromatic rings. The molecule has 0 amide bonds. The lowest BCUT2D eigenvalue weighted by Gasteiger charge is -2.26. The molecule has 0 aromatic carbocycles. The van der Waals surface area contributed by atoms with E-state index in [0.717, 1.165) is 36.9 Å². The zero-order chi connectivity index (χ0) is 14.7. The maximum atomic E-state index is 12.3. The van der Waals surface area contributed by atoms with Crippen molar-refractivity contribution in [1.29, 1.82) is 0 Å². The Morgan fingerprint density at radius 1 is 1.25 bits per heavy atom. The van der Waals surface area contributed by atoms with Gasteiger partial charge in [0.05, 0.1) is 5.56 Å². The van der Waals surface area contributed by atoms with Gasteiger partial charge in [0.2, 0.25) is 0 Å². The summed E-state index contributed by atoms with van der Waals surface area (Å²) in [6.07, 6.45) is 3.26. The summed E-state index contributed by atoms with van der Waals surface area (Å²) in [6.45, 7) is 3.88. The summed E-state index contributed by atoms with van der Waals surface area (Å²) >= 11 is 0. The summed E-state index contributed by atoms with van der Waals surface area (Å²) in [5.41, 5.74) is -1.28. The fourth-order valence-electron chi connectivity index (χ4n) is 2.57. The molecule has 0 bridgehead atoms. The van der Waals surface area contributed by atoms with Gasteiger partial charge in [-0.1, -0.05) is 6.42 Å². The molecule has 110 valence electrons. The molecule has 1 aliphatic rings. The molecule has 7 heteroatoms. The number of carboxylic acids is 1. The van der Waals surface area contributed by atoms with E-state index in [2.05, 4.69) is 9.88 Å². The zero-order valence-electron chi connectivity index (χ0n) is 11.5. The van der Waals surface area contributed by atoms with Crippen molar-refractivity contribution in [2.45, 2.75) is 39.3 Å². The van der Waals surface area contributed by atoms with Crippen LogP contribution in [0.3, 0.4) is 0 Å². The number of aromatic carboxylic acids is 1. The van der Waals surface area contributed by atoms with Crippen molar-refractivity contribution < 1.29 is 9.90 Å². The molecule has 1 saturated heterocycles. The van der Waals surface area contributed by atoms with Crippen molar-refractivity contribution in [3.8, 4) is 0 Å². The molecule has 2 rings (SSSR count). The number of piperidine rings is 1. The molecular weight excluding hydrogens is 262 g/mol. The number of aromatic nitrogens is 2. The van der Waals surface area contributed by atoms with Crippen LogP contribution in [0, 0.1) is 0 Å². The summed E-state index contributed by atoms with van der Waals surface area (Å²) in [5, 5.41) is 9.17. The van der Waals surface area contributed by atoms with Gasteiger partial charge < -0.3 is 10.1 Å². The van der Waals surface area contributed by atoms with Crippen LogP contribution in [-0.2, 0) is 13.1 Å². The van der Waals surface area contributed by atoms with Crippen molar-refractivity contribution >= 4 is 5.97 Å². The largest absolute Gasteiger partial charge is 0.477 e. The van der Waals surface area contributed by atoms with Gasteiger partial charge in [-0.2, -0.15) is 0 Å². The van der Waals surface area contributed by atoms with E-state index >= 15 is 0 Å². The van der Waals surface area contributed by atoms with Crippen LogP contribution in [-0.4, -0.2) is 38.6 Å². The molecule has 1 aromatic heterocycles. The summed E-state index contributed by atoms with van der Waals surface area (Å²) in [5.74, 6) is -1.27. The molecular formula is C13H19N3O4. The summed E-state index contributed by atoms with van der Waals surface area (Å²) < 4.78 is 1.03. The van der Waals surface area contributed by atoms with E-state index in [4.69, 9.17) is 0 Å². The minimum Gasteiger partial charge on any atom is -0.477 e. The number of carbonyl (C=O) groups is 1. The predicted molar refractivity (Wildman–Crippen MR) is 73.1 cm³/mol. The minimum absolute atomic E-state index is 0.167. The molecule has 0 saturated carbocycles. The quantitative estimate of drug-likeness (QED) is 0.824. The summed E-state index contributed by atoms with van der Waals surface area (Å²) in [6, 6.07) is 0. The third-order valence-corrected chi connectivity index (χ3v) is 3.64. The maximum absolute atomic E-state index is 12.3. The van der Waals surface area contributed by atoms with Crippen LogP contribution < -0.4 is 11.2 Å². The van der Waals surface area contributed by atoms with Crippen molar-refractivity contribution in [2.75, 3.05) is 13.1 Å². The van der Waals surface area contributed by atoms with Crippen LogP contribution >= 0.6 is 0 Å². The molecule has 1 fully saturated rings. The number of rotatable bonds is 4. The fourth-order valence-corrected chi connectivity index (χ4v) is 2.57. The lowest BCUT2D eigenvalue weighted by Crippen LogP contribution is -2.41. The first-order chi connectivity index (χ1) is 9.54. The number of H-pyrrole nitrogens is 1. The Bertz CT molecular complexity index is 611. The average molecular weight is 281 g/mol. The molecule has 2 N–H and O–H groups in total. The van der Waals surface area contributed by atoms with Gasteiger partial charge in [-0.3, -0.25) is 14.3 Å². The van der Waals surface area contributed by atoms with E-state index in [0.29, 0.717) is 0 Å². The van der Waals surface area contributed by atoms with Gasteiger partial charge in [0, 0.05) is 13.1 Å². The zero-order valence-corrected chi connectivity index (χ0v) is 11.5. The Balaban J connectivity index is 2.45. The lowest BCUT2D eigenvalue weighted by molar-refractivity contribution is 0.0686. The van der Waals surface area contributed by atoms with E-state index in [1.807, 2.05) is 0 Å². The Morgan fingerprint density at radius 2 is 1.90 bits per heavy atom. The third kappa shape index (κ3) is 2.82. The molecule has 20 heavy (non-hydrogen) atoms. The number of carboxylic acid groups (broad SMARTS) is 1. The second-order valence-electron chi connectivity index (χ2n) is 4.98. The Kier molecular flexibility index (Phi) is 4.39. The number of nitrogens with zero attached hydrogens (tertiary/aromatic N) is 2. The highest BCUT2D eigenvalue weighted by Crippen LogP contribution is 2.12. The topological polar surface area (TPSA) is 95.4 Å². The second kappa shape index (κ2) is 6.04. The van der Waals surface area contributed by atoms with Gasteiger partial charge >= 0.3 is 11.7 Å². The molecule has 2 heterocycles. The third-order valence-electron chi connectivity index (χ3n) is 3.64. The summed E-state index contributed by atoms with van der Waals surface area (Å²) in [7, 11) is 0. The second-order valence-corrected chi connectivity index (χ2v) is 4.98. The fraction of sp³-hybridized carbons (Fsp3) is 0.615. The molecule has 0 unspecified atom stereocenters. The monoisotopic (exact) mass is 281 g/mol. The first-order valence-electron chi connectivity index (χ1n) is 6.86. The molecule has 0 radical (unpaired) electrons. The van der Waals surface area contributed by atoms with Crippen molar-refractivity contribution in [3.63, 3.8) is 0 Å². The average Bonchev–Trinajstić information content (AvgIpc) is 2.43. The van der Waals surface area contributed by atoms with Crippen molar-refractivity contribution in [3.05, 3.63) is 32.1 Å². The standard InChI is InChI=1S/C13H19N3O4/c1-2-16-11(17)9(8-15-6-4-3-5-7-15)10(12(18)19)14-13(16)20/h2-8H2,1H3,(H,14,20)(H,18,19). The molecule has 1 aliphatic heterocycles. The van der Waals surface area contributed by atoms with Crippen LogP contribution in [0.1, 0.15) is 42.2 Å².